The molecule has 5 heteroatoms. The number of hydrogen-bond acceptors (Lipinski definition) is 4. The number of imide groups is 1. The lowest BCUT2D eigenvalue weighted by molar-refractivity contribution is -0.115. The molecule has 1 fully saturated rings. The molecule has 0 aromatic heterocycles. The average Bonchev–Trinajstić information content (AvgIpc) is 3.04. The Bertz CT molecular complexity index is 1040. The Hall–Kier alpha value is -3.31. The molecule has 2 amide bonds. The molecule has 4 rings (SSSR count). The van der Waals surface area contributed by atoms with Crippen molar-refractivity contribution in [1.82, 2.24) is 5.32 Å². The Labute approximate surface area is 167 Å². The zero-order chi connectivity index (χ0) is 19.3. The molecular formula is C23H17NO3S. The number of nitrogens with one attached hydrogen (secondary N) is 1. The van der Waals surface area contributed by atoms with Gasteiger partial charge in [-0.3, -0.25) is 14.9 Å². The molecule has 138 valence electrons. The second-order valence-corrected chi connectivity index (χ2v) is 7.29. The van der Waals surface area contributed by atoms with E-state index in [9.17, 15) is 9.59 Å². The van der Waals surface area contributed by atoms with E-state index in [1.165, 1.54) is 11.1 Å². The molecule has 1 saturated heterocycles. The Morgan fingerprint density at radius 2 is 1.61 bits per heavy atom. The molecule has 1 heterocycles. The lowest BCUT2D eigenvalue weighted by Gasteiger charge is -2.08. The third-order valence-corrected chi connectivity index (χ3v) is 5.08. The Morgan fingerprint density at radius 1 is 0.857 bits per heavy atom. The molecule has 0 bridgehead atoms. The smallest absolute Gasteiger partial charge is 0.290 e. The van der Waals surface area contributed by atoms with E-state index in [1.54, 1.807) is 6.08 Å². The standard InChI is InChI=1S/C23H17NO3S/c25-22-21(28-23(26)24-22)14-17-5-4-8-20(13-17)27-15-16-9-11-19(12-10-16)18-6-2-1-3-7-18/h1-14H,15H2,(H,24,25,26)/b21-14+. The van der Waals surface area contributed by atoms with E-state index < -0.39 is 0 Å². The molecule has 1 aliphatic rings. The van der Waals surface area contributed by atoms with Crippen molar-refractivity contribution < 1.29 is 14.3 Å². The first-order valence-electron chi connectivity index (χ1n) is 8.79. The summed E-state index contributed by atoms with van der Waals surface area (Å²) < 4.78 is 5.89. The van der Waals surface area contributed by atoms with E-state index in [-0.39, 0.29) is 11.1 Å². The van der Waals surface area contributed by atoms with Crippen LogP contribution in [-0.2, 0) is 11.4 Å². The highest BCUT2D eigenvalue weighted by Gasteiger charge is 2.24. The van der Waals surface area contributed by atoms with Gasteiger partial charge in [0.05, 0.1) is 4.91 Å². The van der Waals surface area contributed by atoms with Crippen molar-refractivity contribution in [1.29, 1.82) is 0 Å². The molecule has 0 spiro atoms. The van der Waals surface area contributed by atoms with Crippen molar-refractivity contribution in [3.63, 3.8) is 0 Å². The van der Waals surface area contributed by atoms with E-state index in [4.69, 9.17) is 4.74 Å². The van der Waals surface area contributed by atoms with Crippen LogP contribution in [0.5, 0.6) is 5.75 Å². The van der Waals surface area contributed by atoms with Gasteiger partial charge < -0.3 is 4.74 Å². The van der Waals surface area contributed by atoms with Crippen LogP contribution in [0.15, 0.2) is 83.8 Å². The zero-order valence-corrected chi connectivity index (χ0v) is 15.7. The van der Waals surface area contributed by atoms with E-state index >= 15 is 0 Å². The fraction of sp³-hybridized carbons (Fsp3) is 0.0435. The number of carbonyl (C=O) groups is 2. The van der Waals surface area contributed by atoms with Gasteiger partial charge in [-0.2, -0.15) is 0 Å². The predicted molar refractivity (Wildman–Crippen MR) is 112 cm³/mol. The summed E-state index contributed by atoms with van der Waals surface area (Å²) >= 11 is 0.905. The maximum atomic E-state index is 11.7. The van der Waals surface area contributed by atoms with Crippen LogP contribution in [0.3, 0.4) is 0 Å². The van der Waals surface area contributed by atoms with Crippen molar-refractivity contribution in [2.45, 2.75) is 6.61 Å². The Balaban J connectivity index is 1.42. The average molecular weight is 387 g/mol. The van der Waals surface area contributed by atoms with E-state index in [1.807, 2.05) is 42.5 Å². The lowest BCUT2D eigenvalue weighted by Crippen LogP contribution is -2.17. The van der Waals surface area contributed by atoms with Crippen LogP contribution in [0.1, 0.15) is 11.1 Å². The molecule has 3 aromatic carbocycles. The maximum absolute atomic E-state index is 11.7. The van der Waals surface area contributed by atoms with E-state index in [0.717, 1.165) is 22.9 Å². The van der Waals surface area contributed by atoms with E-state index in [0.29, 0.717) is 17.3 Å². The molecule has 0 unspecified atom stereocenters. The number of thioether (sulfide) groups is 1. The number of amides is 2. The van der Waals surface area contributed by atoms with Crippen molar-refractivity contribution >= 4 is 29.0 Å². The van der Waals surface area contributed by atoms with Crippen LogP contribution < -0.4 is 10.1 Å². The monoisotopic (exact) mass is 387 g/mol. The van der Waals surface area contributed by atoms with Gasteiger partial charge in [0.25, 0.3) is 11.1 Å². The van der Waals surface area contributed by atoms with Gasteiger partial charge in [-0.25, -0.2) is 0 Å². The minimum atomic E-state index is -0.361. The van der Waals surface area contributed by atoms with E-state index in [2.05, 4.69) is 41.7 Å². The molecule has 0 radical (unpaired) electrons. The van der Waals surface area contributed by atoms with Gasteiger partial charge in [0.1, 0.15) is 12.4 Å². The van der Waals surface area contributed by atoms with Crippen molar-refractivity contribution in [2.75, 3.05) is 0 Å². The minimum absolute atomic E-state index is 0.345. The van der Waals surface area contributed by atoms with Gasteiger partial charge in [0.15, 0.2) is 0 Å². The Morgan fingerprint density at radius 3 is 2.32 bits per heavy atom. The fourth-order valence-electron chi connectivity index (χ4n) is 2.86. The number of carbonyl (C=O) groups excluding carboxylic acids is 2. The van der Waals surface area contributed by atoms with Gasteiger partial charge >= 0.3 is 0 Å². The van der Waals surface area contributed by atoms with Crippen molar-refractivity contribution in [2.24, 2.45) is 0 Å². The summed E-state index contributed by atoms with van der Waals surface area (Å²) in [7, 11) is 0. The fourth-order valence-corrected chi connectivity index (χ4v) is 3.54. The van der Waals surface area contributed by atoms with Crippen LogP contribution in [0.2, 0.25) is 0 Å². The molecule has 1 N–H and O–H groups in total. The normalized spacial score (nSPS) is 14.9. The summed E-state index contributed by atoms with van der Waals surface area (Å²) in [6.45, 7) is 0.447. The number of hydrogen-bond donors (Lipinski definition) is 1. The summed E-state index contributed by atoms with van der Waals surface area (Å²) in [5.41, 5.74) is 4.23. The summed E-state index contributed by atoms with van der Waals surface area (Å²) in [4.78, 5) is 23.3. The third kappa shape index (κ3) is 4.32. The van der Waals surface area contributed by atoms with Crippen LogP contribution in [0, 0.1) is 0 Å². The molecule has 4 nitrogen and oxygen atoms in total. The topological polar surface area (TPSA) is 55.4 Å². The molecular weight excluding hydrogens is 370 g/mol. The highest BCUT2D eigenvalue weighted by Crippen LogP contribution is 2.27. The molecule has 0 atom stereocenters. The van der Waals surface area contributed by atoms with Gasteiger partial charge in [0, 0.05) is 0 Å². The SMILES string of the molecule is O=C1NC(=O)/C(=C\c2cccc(OCc3ccc(-c4ccccc4)cc3)c2)S1. The highest BCUT2D eigenvalue weighted by atomic mass is 32.2. The van der Waals surface area contributed by atoms with Gasteiger partial charge in [-0.15, -0.1) is 0 Å². The molecule has 28 heavy (non-hydrogen) atoms. The molecule has 0 saturated carbocycles. The first kappa shape index (κ1) is 18.1. The van der Waals surface area contributed by atoms with Crippen LogP contribution in [0.4, 0.5) is 4.79 Å². The molecule has 3 aromatic rings. The quantitative estimate of drug-likeness (QED) is 0.607. The van der Waals surface area contributed by atoms with Gasteiger partial charge in [-0.1, -0.05) is 66.7 Å². The number of ether oxygens (including phenoxy) is 1. The van der Waals surface area contributed by atoms with Crippen molar-refractivity contribution in [3.05, 3.63) is 94.9 Å². The first-order valence-corrected chi connectivity index (χ1v) is 9.61. The summed E-state index contributed by atoms with van der Waals surface area (Å²) in [6, 6.07) is 26.0. The third-order valence-electron chi connectivity index (χ3n) is 4.26. The maximum Gasteiger partial charge on any atom is 0.290 e. The second-order valence-electron chi connectivity index (χ2n) is 6.28. The molecule has 0 aliphatic carbocycles. The van der Waals surface area contributed by atoms with Crippen LogP contribution >= 0.6 is 11.8 Å². The largest absolute Gasteiger partial charge is 0.489 e. The lowest BCUT2D eigenvalue weighted by atomic mass is 10.0. The number of rotatable bonds is 5. The summed E-state index contributed by atoms with van der Waals surface area (Å²) in [5.74, 6) is 0.344. The number of benzene rings is 3. The zero-order valence-electron chi connectivity index (χ0n) is 14.9. The van der Waals surface area contributed by atoms with Gasteiger partial charge in [-0.05, 0) is 52.2 Å². The Kier molecular flexibility index (Phi) is 5.26. The van der Waals surface area contributed by atoms with Crippen LogP contribution in [0.25, 0.3) is 17.2 Å². The summed E-state index contributed by atoms with van der Waals surface area (Å²) in [5, 5.41) is 1.91. The van der Waals surface area contributed by atoms with Crippen molar-refractivity contribution in [3.8, 4) is 16.9 Å². The first-order chi connectivity index (χ1) is 13.7. The molecule has 1 aliphatic heterocycles. The predicted octanol–water partition coefficient (Wildman–Crippen LogP) is 5.26. The van der Waals surface area contributed by atoms with Gasteiger partial charge in [0.2, 0.25) is 0 Å². The highest BCUT2D eigenvalue weighted by molar-refractivity contribution is 8.18. The second kappa shape index (κ2) is 8.15. The van der Waals surface area contributed by atoms with Crippen LogP contribution in [-0.4, -0.2) is 11.1 Å². The summed E-state index contributed by atoms with van der Waals surface area (Å²) in [6.07, 6.45) is 1.69. The minimum Gasteiger partial charge on any atom is -0.489 e.